The molecule has 10 heteroatoms. The van der Waals surface area contributed by atoms with Crippen molar-refractivity contribution in [3.05, 3.63) is 108 Å². The van der Waals surface area contributed by atoms with Crippen LogP contribution in [0, 0.1) is 0 Å². The first-order chi connectivity index (χ1) is 19.9. The number of esters is 1. The third-order valence-electron chi connectivity index (χ3n) is 6.76. The number of benzene rings is 2. The average Bonchev–Trinajstić information content (AvgIpc) is 3.56. The molecule has 0 N–H and O–H groups in total. The first-order valence-corrected chi connectivity index (χ1v) is 14.5. The molecule has 0 bridgehead atoms. The Hall–Kier alpha value is -4.08. The smallest absolute Gasteiger partial charge is 0.338 e. The summed E-state index contributed by atoms with van der Waals surface area (Å²) < 4.78 is 20.7. The Morgan fingerprint density at radius 1 is 1.10 bits per heavy atom. The van der Waals surface area contributed by atoms with Gasteiger partial charge in [-0.15, -0.1) is 0 Å². The van der Waals surface area contributed by atoms with Crippen LogP contribution in [-0.2, 0) is 9.53 Å². The van der Waals surface area contributed by atoms with Crippen LogP contribution in [0.5, 0.6) is 11.5 Å². The number of aromatic nitrogens is 2. The van der Waals surface area contributed by atoms with E-state index in [1.807, 2.05) is 60.3 Å². The van der Waals surface area contributed by atoms with Crippen molar-refractivity contribution in [1.29, 1.82) is 0 Å². The van der Waals surface area contributed by atoms with Crippen LogP contribution < -0.4 is 24.4 Å². The van der Waals surface area contributed by atoms with Crippen molar-refractivity contribution in [2.75, 3.05) is 20.8 Å². The number of hydrogen-bond donors (Lipinski definition) is 0. The monoisotopic (exact) mass is 591 g/mol. The van der Waals surface area contributed by atoms with Crippen LogP contribution in [0.3, 0.4) is 0 Å². The van der Waals surface area contributed by atoms with Gasteiger partial charge in [-0.2, -0.15) is 0 Å². The van der Waals surface area contributed by atoms with E-state index < -0.39 is 12.0 Å². The van der Waals surface area contributed by atoms with Crippen molar-refractivity contribution in [2.24, 2.45) is 4.99 Å². The Labute approximate surface area is 246 Å². The molecule has 0 unspecified atom stereocenters. The molecule has 4 aromatic rings. The Balaban J connectivity index is 1.72. The highest BCUT2D eigenvalue weighted by molar-refractivity contribution is 7.07. The molecule has 1 aliphatic rings. The maximum atomic E-state index is 14.1. The lowest BCUT2D eigenvalue weighted by molar-refractivity contribution is -0.139. The summed E-state index contributed by atoms with van der Waals surface area (Å²) in [5.41, 5.74) is 3.07. The summed E-state index contributed by atoms with van der Waals surface area (Å²) >= 11 is 7.33. The van der Waals surface area contributed by atoms with Crippen molar-refractivity contribution in [1.82, 2.24) is 9.13 Å². The zero-order valence-electron chi connectivity index (χ0n) is 23.2. The van der Waals surface area contributed by atoms with Crippen molar-refractivity contribution in [3.8, 4) is 17.2 Å². The van der Waals surface area contributed by atoms with E-state index >= 15 is 0 Å². The second-order valence-corrected chi connectivity index (χ2v) is 10.8. The minimum atomic E-state index is -0.808. The van der Waals surface area contributed by atoms with Crippen LogP contribution in [0.1, 0.15) is 43.9 Å². The predicted octanol–water partition coefficient (Wildman–Crippen LogP) is 5.04. The SMILES string of the molecule is CCCC1=C(C(=O)OCC)[C@H](c2cc(OC)ccc2OC)n2c(s/c(=C\c3ccn(-c4ccc(Cl)cc4)c3)c2=O)=N1. The molecule has 2 aromatic heterocycles. The van der Waals surface area contributed by atoms with Gasteiger partial charge < -0.3 is 18.8 Å². The summed E-state index contributed by atoms with van der Waals surface area (Å²) in [7, 11) is 3.12. The van der Waals surface area contributed by atoms with Crippen LogP contribution >= 0.6 is 22.9 Å². The zero-order valence-corrected chi connectivity index (χ0v) is 24.8. The molecule has 41 heavy (non-hydrogen) atoms. The van der Waals surface area contributed by atoms with Gasteiger partial charge in [-0.05, 0) is 73.5 Å². The van der Waals surface area contributed by atoms with Gasteiger partial charge in [0, 0.05) is 28.7 Å². The van der Waals surface area contributed by atoms with Gasteiger partial charge in [-0.1, -0.05) is 36.3 Å². The van der Waals surface area contributed by atoms with Crippen LogP contribution in [0.25, 0.3) is 11.8 Å². The van der Waals surface area contributed by atoms with Gasteiger partial charge in [0.2, 0.25) is 0 Å². The standard InChI is InChI=1S/C31H30ClN3O5S/c1-5-7-24-27(30(37)40-6-2)28(23-17-22(38-3)12-13-25(23)39-4)35-29(36)26(41-31(35)33-24)16-19-14-15-34(18-19)21-10-8-20(32)9-11-21/h8-18,28H,5-7H2,1-4H3/b26-16-/t28-/m0/s1. The molecule has 3 heterocycles. The number of nitrogens with zero attached hydrogens (tertiary/aromatic N) is 3. The molecule has 1 aliphatic heterocycles. The summed E-state index contributed by atoms with van der Waals surface area (Å²) in [5, 5.41) is 0.661. The number of allylic oxidation sites excluding steroid dienone is 1. The van der Waals surface area contributed by atoms with E-state index in [2.05, 4.69) is 0 Å². The van der Waals surface area contributed by atoms with Gasteiger partial charge in [0.15, 0.2) is 4.80 Å². The Kier molecular flexibility index (Phi) is 8.46. The Bertz CT molecular complexity index is 1800. The summed E-state index contributed by atoms with van der Waals surface area (Å²) in [6.45, 7) is 3.97. The highest BCUT2D eigenvalue weighted by Gasteiger charge is 2.36. The second-order valence-electron chi connectivity index (χ2n) is 9.35. The van der Waals surface area contributed by atoms with Crippen molar-refractivity contribution < 1.29 is 19.0 Å². The van der Waals surface area contributed by atoms with E-state index in [4.69, 9.17) is 30.8 Å². The molecule has 8 nitrogen and oxygen atoms in total. The van der Waals surface area contributed by atoms with E-state index in [0.717, 1.165) is 17.7 Å². The van der Waals surface area contributed by atoms with Crippen molar-refractivity contribution in [2.45, 2.75) is 32.7 Å². The normalized spacial score (nSPS) is 15.0. The Morgan fingerprint density at radius 3 is 2.56 bits per heavy atom. The van der Waals surface area contributed by atoms with Crippen LogP contribution in [0.4, 0.5) is 0 Å². The van der Waals surface area contributed by atoms with E-state index in [9.17, 15) is 9.59 Å². The largest absolute Gasteiger partial charge is 0.497 e. The highest BCUT2D eigenvalue weighted by atomic mass is 35.5. The average molecular weight is 592 g/mol. The number of carbonyl (C=O) groups is 1. The molecule has 212 valence electrons. The number of halogens is 1. The summed E-state index contributed by atoms with van der Waals surface area (Å²) in [6.07, 6.45) is 7.01. The lowest BCUT2D eigenvalue weighted by Crippen LogP contribution is -2.40. The van der Waals surface area contributed by atoms with Gasteiger partial charge in [-0.3, -0.25) is 9.36 Å². The molecule has 0 fully saturated rings. The fourth-order valence-electron chi connectivity index (χ4n) is 4.89. The van der Waals surface area contributed by atoms with Gasteiger partial charge >= 0.3 is 5.97 Å². The summed E-state index contributed by atoms with van der Waals surface area (Å²) in [4.78, 5) is 32.9. The molecule has 0 aliphatic carbocycles. The van der Waals surface area contributed by atoms with E-state index in [1.165, 1.54) is 11.3 Å². The third kappa shape index (κ3) is 5.60. The van der Waals surface area contributed by atoms with Crippen molar-refractivity contribution in [3.63, 3.8) is 0 Å². The van der Waals surface area contributed by atoms with Crippen LogP contribution in [0.2, 0.25) is 5.02 Å². The van der Waals surface area contributed by atoms with E-state index in [-0.39, 0.29) is 12.2 Å². The van der Waals surface area contributed by atoms with Crippen LogP contribution in [0.15, 0.2) is 82.0 Å². The quantitative estimate of drug-likeness (QED) is 0.255. The van der Waals surface area contributed by atoms with Crippen LogP contribution in [-0.4, -0.2) is 35.9 Å². The summed E-state index contributed by atoms with van der Waals surface area (Å²) in [5.74, 6) is 0.581. The fourth-order valence-corrected chi connectivity index (χ4v) is 6.04. The van der Waals surface area contributed by atoms with E-state index in [0.29, 0.717) is 49.1 Å². The number of methoxy groups -OCH3 is 2. The zero-order chi connectivity index (χ0) is 29.1. The minimum absolute atomic E-state index is 0.193. The fraction of sp³-hybridized carbons (Fsp3) is 0.258. The van der Waals surface area contributed by atoms with Gasteiger partial charge in [0.1, 0.15) is 17.5 Å². The molecule has 0 spiro atoms. The van der Waals surface area contributed by atoms with E-state index in [1.54, 1.807) is 43.9 Å². The number of fused-ring (bicyclic) bond motifs is 1. The molecule has 5 rings (SSSR count). The first-order valence-electron chi connectivity index (χ1n) is 13.3. The maximum Gasteiger partial charge on any atom is 0.338 e. The minimum Gasteiger partial charge on any atom is -0.497 e. The molecule has 0 saturated carbocycles. The molecular weight excluding hydrogens is 562 g/mol. The molecule has 0 amide bonds. The van der Waals surface area contributed by atoms with Gasteiger partial charge in [0.05, 0.1) is 36.6 Å². The molecule has 1 atom stereocenters. The lowest BCUT2D eigenvalue weighted by Gasteiger charge is -2.27. The number of hydrogen-bond acceptors (Lipinski definition) is 7. The third-order valence-corrected chi connectivity index (χ3v) is 8.00. The number of carbonyl (C=O) groups excluding carboxylic acids is 1. The molecule has 0 radical (unpaired) electrons. The lowest BCUT2D eigenvalue weighted by atomic mass is 9.93. The molecular formula is C31H30ClN3O5S. The van der Waals surface area contributed by atoms with Gasteiger partial charge in [-0.25, -0.2) is 9.79 Å². The topological polar surface area (TPSA) is 84.0 Å². The second kappa shape index (κ2) is 12.2. The summed E-state index contributed by atoms with van der Waals surface area (Å²) in [6, 6.07) is 14.0. The van der Waals surface area contributed by atoms with Crippen molar-refractivity contribution >= 4 is 35.0 Å². The number of ether oxygens (including phenoxy) is 3. The molecule has 0 saturated heterocycles. The Morgan fingerprint density at radius 2 is 1.88 bits per heavy atom. The first kappa shape index (κ1) is 28.4. The number of thiazole rings is 1. The molecule has 2 aromatic carbocycles. The predicted molar refractivity (Wildman–Crippen MR) is 160 cm³/mol. The van der Waals surface area contributed by atoms with Gasteiger partial charge in [0.25, 0.3) is 5.56 Å². The highest BCUT2D eigenvalue weighted by Crippen LogP contribution is 2.38. The number of rotatable bonds is 9. The maximum absolute atomic E-state index is 14.1.